The van der Waals surface area contributed by atoms with Crippen LogP contribution < -0.4 is 10.1 Å². The molecule has 0 spiro atoms. The van der Waals surface area contributed by atoms with Crippen LogP contribution in [0.4, 0.5) is 9.59 Å². The number of hydrogen-bond acceptors (Lipinski definition) is 8. The normalized spacial score (nSPS) is 18.8. The number of methoxy groups -OCH3 is 1. The minimum absolute atomic E-state index is 0.106. The number of carbonyl (C=O) groups is 3. The Bertz CT molecular complexity index is 2270. The first-order valence-corrected chi connectivity index (χ1v) is 18.8. The van der Waals surface area contributed by atoms with Crippen molar-refractivity contribution in [2.24, 2.45) is 5.92 Å². The largest absolute Gasteiger partial charge is 0.488 e. The second kappa shape index (κ2) is 13.7. The number of benzene rings is 3. The van der Waals surface area contributed by atoms with Crippen molar-refractivity contribution >= 4 is 39.9 Å². The van der Waals surface area contributed by atoms with Gasteiger partial charge >= 0.3 is 12.2 Å². The van der Waals surface area contributed by atoms with Gasteiger partial charge in [-0.05, 0) is 98.7 Å². The van der Waals surface area contributed by atoms with Crippen molar-refractivity contribution < 1.29 is 28.6 Å². The van der Waals surface area contributed by atoms with Crippen LogP contribution in [0.1, 0.15) is 89.6 Å². The first kappa shape index (κ1) is 35.4. The predicted molar refractivity (Wildman–Crippen MR) is 204 cm³/mol. The van der Waals surface area contributed by atoms with Crippen molar-refractivity contribution in [3.05, 3.63) is 65.9 Å². The maximum atomic E-state index is 13.6. The van der Waals surface area contributed by atoms with Gasteiger partial charge in [-0.3, -0.25) is 9.69 Å². The maximum Gasteiger partial charge on any atom is 0.410 e. The highest BCUT2D eigenvalue weighted by Crippen LogP contribution is 2.43. The summed E-state index contributed by atoms with van der Waals surface area (Å²) in [5.74, 6) is 2.05. The van der Waals surface area contributed by atoms with Gasteiger partial charge in [0.15, 0.2) is 0 Å². The van der Waals surface area contributed by atoms with Crippen molar-refractivity contribution in [1.82, 2.24) is 35.1 Å². The zero-order chi connectivity index (χ0) is 37.9. The second-order valence-electron chi connectivity index (χ2n) is 15.9. The SMILES string of the molecule is COC(=O)N[C@H](C(=O)N1CCCC1c1ncc(-c2ccc3c(c2)COc2cc4c(ccc5nc(C6CCCN6C(=O)OC(C)(C)C)[nH]c54)cc2-3)[nH]1)C(C)C. The molecule has 2 saturated heterocycles. The monoisotopic (exact) mass is 733 g/mol. The molecule has 3 aromatic carbocycles. The van der Waals surface area contributed by atoms with Crippen LogP contribution in [-0.4, -0.2) is 79.7 Å². The first-order valence-electron chi connectivity index (χ1n) is 18.8. The molecule has 8 rings (SSSR count). The van der Waals surface area contributed by atoms with Gasteiger partial charge in [0.25, 0.3) is 0 Å². The molecule has 0 aliphatic carbocycles. The third-order valence-electron chi connectivity index (χ3n) is 10.7. The van der Waals surface area contributed by atoms with E-state index in [-0.39, 0.29) is 30.0 Å². The van der Waals surface area contributed by atoms with Gasteiger partial charge < -0.3 is 34.4 Å². The quantitative estimate of drug-likeness (QED) is 0.160. The number of aromatic nitrogens is 4. The van der Waals surface area contributed by atoms with Crippen LogP contribution in [0.15, 0.2) is 48.7 Å². The molecule has 2 fully saturated rings. The molecule has 5 aromatic rings. The summed E-state index contributed by atoms with van der Waals surface area (Å²) in [4.78, 5) is 58.9. The zero-order valence-electron chi connectivity index (χ0n) is 31.6. The Balaban J connectivity index is 1.04. The summed E-state index contributed by atoms with van der Waals surface area (Å²) in [7, 11) is 1.29. The van der Waals surface area contributed by atoms with E-state index in [9.17, 15) is 14.4 Å². The van der Waals surface area contributed by atoms with Crippen molar-refractivity contribution in [1.29, 1.82) is 0 Å². The number of hydrogen-bond donors (Lipinski definition) is 3. The number of fused-ring (bicyclic) bond motifs is 6. The molecule has 0 saturated carbocycles. The lowest BCUT2D eigenvalue weighted by atomic mass is 9.92. The standard InChI is InChI=1S/C41H47N7O6/c1-22(2)34(46-39(50)52-6)38(49)47-15-7-9-31(47)36-42-20-30(44-36)24-11-13-26-25(17-24)21-53-33-19-27-23(18-28(26)33)12-14-29-35(27)45-37(43-29)32-10-8-16-48(32)40(51)54-41(3,4)5/h11-14,17-20,22,31-32,34H,7-10,15-16,21H2,1-6H3,(H,42,44)(H,43,45)(H,46,50)/t31?,32?,34-/m0/s1. The predicted octanol–water partition coefficient (Wildman–Crippen LogP) is 7.78. The number of aromatic amines is 2. The number of ether oxygens (including phenoxy) is 3. The fourth-order valence-corrected chi connectivity index (χ4v) is 8.07. The van der Waals surface area contributed by atoms with Gasteiger partial charge in [0, 0.05) is 24.0 Å². The molecule has 13 heteroatoms. The van der Waals surface area contributed by atoms with Crippen LogP contribution >= 0.6 is 0 Å². The van der Waals surface area contributed by atoms with Crippen molar-refractivity contribution in [3.63, 3.8) is 0 Å². The van der Waals surface area contributed by atoms with E-state index in [1.807, 2.05) is 51.8 Å². The van der Waals surface area contributed by atoms with Gasteiger partial charge in [-0.1, -0.05) is 32.0 Å². The molecule has 3 aliphatic heterocycles. The fourth-order valence-electron chi connectivity index (χ4n) is 8.07. The third kappa shape index (κ3) is 6.49. The summed E-state index contributed by atoms with van der Waals surface area (Å²) in [6, 6.07) is 13.7. The van der Waals surface area contributed by atoms with E-state index in [0.717, 1.165) is 92.8 Å². The number of likely N-dealkylation sites (tertiary alicyclic amines) is 2. The molecule has 0 radical (unpaired) electrons. The number of nitrogens with zero attached hydrogens (tertiary/aromatic N) is 4. The van der Waals surface area contributed by atoms with E-state index in [2.05, 4.69) is 51.7 Å². The number of nitrogens with one attached hydrogen (secondary N) is 3. The van der Waals surface area contributed by atoms with Gasteiger partial charge in [-0.25, -0.2) is 19.6 Å². The Morgan fingerprint density at radius 3 is 2.44 bits per heavy atom. The van der Waals surface area contributed by atoms with Gasteiger partial charge in [0.1, 0.15) is 35.6 Å². The molecule has 2 unspecified atom stereocenters. The molecule has 3 amide bonds. The lowest BCUT2D eigenvalue weighted by Crippen LogP contribution is -2.51. The van der Waals surface area contributed by atoms with E-state index in [4.69, 9.17) is 24.2 Å². The average Bonchev–Trinajstić information content (AvgIpc) is 3.97. The summed E-state index contributed by atoms with van der Waals surface area (Å²) in [6.45, 7) is 11.1. The number of imidazole rings is 2. The van der Waals surface area contributed by atoms with Crippen LogP contribution in [-0.2, 0) is 20.9 Å². The van der Waals surface area contributed by atoms with Crippen LogP contribution in [0.5, 0.6) is 5.75 Å². The van der Waals surface area contributed by atoms with Crippen LogP contribution in [0, 0.1) is 5.92 Å². The molecule has 54 heavy (non-hydrogen) atoms. The van der Waals surface area contributed by atoms with Crippen molar-refractivity contribution in [3.8, 4) is 28.1 Å². The number of rotatable bonds is 6. The Hall–Kier alpha value is -5.59. The van der Waals surface area contributed by atoms with Crippen LogP contribution in [0.25, 0.3) is 44.2 Å². The highest BCUT2D eigenvalue weighted by molar-refractivity contribution is 6.07. The average molecular weight is 734 g/mol. The smallest absolute Gasteiger partial charge is 0.410 e. The number of alkyl carbamates (subject to hydrolysis) is 1. The second-order valence-corrected chi connectivity index (χ2v) is 15.9. The first-order chi connectivity index (χ1) is 25.9. The van der Waals surface area contributed by atoms with E-state index < -0.39 is 17.7 Å². The summed E-state index contributed by atoms with van der Waals surface area (Å²) in [5.41, 5.74) is 6.22. The van der Waals surface area contributed by atoms with Gasteiger partial charge in [-0.15, -0.1) is 0 Å². The van der Waals surface area contributed by atoms with Crippen LogP contribution in [0.3, 0.4) is 0 Å². The Morgan fingerprint density at radius 2 is 1.70 bits per heavy atom. The van der Waals surface area contributed by atoms with E-state index in [0.29, 0.717) is 19.7 Å². The van der Waals surface area contributed by atoms with E-state index in [1.54, 1.807) is 4.90 Å². The highest BCUT2D eigenvalue weighted by atomic mass is 16.6. The van der Waals surface area contributed by atoms with Crippen molar-refractivity contribution in [2.45, 2.75) is 90.6 Å². The van der Waals surface area contributed by atoms with E-state index in [1.165, 1.54) is 7.11 Å². The maximum absolute atomic E-state index is 13.6. The molecule has 2 aromatic heterocycles. The highest BCUT2D eigenvalue weighted by Gasteiger charge is 2.38. The van der Waals surface area contributed by atoms with E-state index >= 15 is 0 Å². The van der Waals surface area contributed by atoms with Gasteiger partial charge in [-0.2, -0.15) is 0 Å². The Labute approximate surface area is 313 Å². The lowest BCUT2D eigenvalue weighted by molar-refractivity contribution is -0.135. The molecule has 3 N–H and O–H groups in total. The minimum atomic E-state index is -0.690. The topological polar surface area (TPSA) is 155 Å². The van der Waals surface area contributed by atoms with Gasteiger partial charge in [0.2, 0.25) is 5.91 Å². The molecular formula is C41H47N7O6. The molecular weight excluding hydrogens is 686 g/mol. The summed E-state index contributed by atoms with van der Waals surface area (Å²) >= 11 is 0. The number of H-pyrrole nitrogens is 2. The van der Waals surface area contributed by atoms with Gasteiger partial charge in [0.05, 0.1) is 42.1 Å². The molecule has 3 aliphatic rings. The Morgan fingerprint density at radius 1 is 0.944 bits per heavy atom. The zero-order valence-corrected chi connectivity index (χ0v) is 31.6. The fraction of sp³-hybridized carbons (Fsp3) is 0.439. The molecule has 3 atom stereocenters. The summed E-state index contributed by atoms with van der Waals surface area (Å²) in [5, 5.41) is 4.78. The third-order valence-corrected chi connectivity index (χ3v) is 10.7. The lowest BCUT2D eigenvalue weighted by Gasteiger charge is -2.30. The minimum Gasteiger partial charge on any atom is -0.488 e. The number of amides is 3. The Kier molecular flexibility index (Phi) is 8.98. The summed E-state index contributed by atoms with van der Waals surface area (Å²) in [6.07, 6.45) is 4.22. The van der Waals surface area contributed by atoms with Crippen molar-refractivity contribution in [2.75, 3.05) is 20.2 Å². The summed E-state index contributed by atoms with van der Waals surface area (Å²) < 4.78 is 16.9. The van der Waals surface area contributed by atoms with Crippen LogP contribution in [0.2, 0.25) is 0 Å². The molecule has 13 nitrogen and oxygen atoms in total. The molecule has 282 valence electrons. The molecule has 0 bridgehead atoms. The molecule has 5 heterocycles. The number of carbonyl (C=O) groups excluding carboxylic acids is 3.